The van der Waals surface area contributed by atoms with Crippen LogP contribution in [0, 0.1) is 0 Å². The first-order valence-electron chi connectivity index (χ1n) is 6.92. The van der Waals surface area contributed by atoms with E-state index >= 15 is 0 Å². The van der Waals surface area contributed by atoms with E-state index in [9.17, 15) is 5.11 Å². The third kappa shape index (κ3) is 2.38. The van der Waals surface area contributed by atoms with E-state index in [-0.39, 0.29) is 0 Å². The van der Waals surface area contributed by atoms with E-state index in [4.69, 9.17) is 4.74 Å². The predicted octanol–water partition coefficient (Wildman–Crippen LogP) is 2.54. The van der Waals surface area contributed by atoms with E-state index in [1.54, 1.807) is 6.07 Å². The van der Waals surface area contributed by atoms with Gasteiger partial charge in [0.05, 0.1) is 6.10 Å². The fraction of sp³-hybridized carbons (Fsp3) is 0.600. The molecule has 1 aromatic rings. The zero-order chi connectivity index (χ0) is 12.5. The third-order valence-corrected chi connectivity index (χ3v) is 4.13. The highest BCUT2D eigenvalue weighted by atomic mass is 16.5. The summed E-state index contributed by atoms with van der Waals surface area (Å²) in [6.07, 6.45) is 4.79. The van der Waals surface area contributed by atoms with Crippen molar-refractivity contribution in [1.82, 2.24) is 5.32 Å². The van der Waals surface area contributed by atoms with Gasteiger partial charge in [0.2, 0.25) is 0 Å². The highest BCUT2D eigenvalue weighted by Crippen LogP contribution is 2.34. The molecule has 3 unspecified atom stereocenters. The van der Waals surface area contributed by atoms with Gasteiger partial charge < -0.3 is 15.2 Å². The molecule has 98 valence electrons. The summed E-state index contributed by atoms with van der Waals surface area (Å²) in [5.41, 5.74) is 2.67. The number of phenolic OH excluding ortho intramolecular Hbond substituents is 1. The average Bonchev–Trinajstić information content (AvgIpc) is 2.72. The van der Waals surface area contributed by atoms with Gasteiger partial charge in [-0.2, -0.15) is 0 Å². The van der Waals surface area contributed by atoms with Crippen LogP contribution in [0.4, 0.5) is 0 Å². The molecule has 1 aliphatic heterocycles. The molecule has 3 rings (SSSR count). The number of benzene rings is 1. The van der Waals surface area contributed by atoms with Crippen molar-refractivity contribution >= 4 is 0 Å². The molecule has 0 aromatic heterocycles. The molecular weight excluding hydrogens is 226 g/mol. The molecule has 0 spiro atoms. The highest BCUT2D eigenvalue weighted by Gasteiger charge is 2.27. The first kappa shape index (κ1) is 12.0. The summed E-state index contributed by atoms with van der Waals surface area (Å²) >= 11 is 0. The van der Waals surface area contributed by atoms with Crippen LogP contribution in [-0.4, -0.2) is 23.9 Å². The first-order chi connectivity index (χ1) is 8.72. The summed E-state index contributed by atoms with van der Waals surface area (Å²) in [7, 11) is 0. The van der Waals surface area contributed by atoms with Crippen LogP contribution in [0.3, 0.4) is 0 Å². The molecule has 1 saturated heterocycles. The molecule has 0 bridgehead atoms. The number of nitrogens with one attached hydrogen (secondary N) is 1. The minimum atomic E-state index is 0.372. The van der Waals surface area contributed by atoms with E-state index in [2.05, 4.69) is 18.3 Å². The number of hydrogen-bond acceptors (Lipinski definition) is 3. The Hall–Kier alpha value is -1.06. The number of aromatic hydroxyl groups is 1. The molecule has 2 aliphatic rings. The first-order valence-corrected chi connectivity index (χ1v) is 6.92. The van der Waals surface area contributed by atoms with Gasteiger partial charge in [0, 0.05) is 18.7 Å². The summed E-state index contributed by atoms with van der Waals surface area (Å²) in [5, 5.41) is 13.3. The Kier molecular flexibility index (Phi) is 3.27. The Balaban J connectivity index is 1.69. The number of aryl methyl sites for hydroxylation is 1. The van der Waals surface area contributed by atoms with Gasteiger partial charge in [0.15, 0.2) is 0 Å². The third-order valence-electron chi connectivity index (χ3n) is 4.13. The van der Waals surface area contributed by atoms with Crippen molar-refractivity contribution in [3.63, 3.8) is 0 Å². The normalized spacial score (nSPS) is 31.3. The average molecular weight is 247 g/mol. The van der Waals surface area contributed by atoms with E-state index in [0.29, 0.717) is 23.9 Å². The Labute approximate surface area is 108 Å². The van der Waals surface area contributed by atoms with Gasteiger partial charge in [-0.3, -0.25) is 0 Å². The lowest BCUT2D eigenvalue weighted by Crippen LogP contribution is -2.39. The monoisotopic (exact) mass is 247 g/mol. The molecule has 3 atom stereocenters. The molecule has 0 radical (unpaired) electrons. The van der Waals surface area contributed by atoms with Gasteiger partial charge in [-0.15, -0.1) is 0 Å². The van der Waals surface area contributed by atoms with E-state index in [0.717, 1.165) is 32.3 Å². The molecule has 1 heterocycles. The van der Waals surface area contributed by atoms with Gasteiger partial charge in [-0.1, -0.05) is 6.07 Å². The lowest BCUT2D eigenvalue weighted by atomic mass is 10.0. The summed E-state index contributed by atoms with van der Waals surface area (Å²) in [6, 6.07) is 6.79. The Bertz CT molecular complexity index is 433. The van der Waals surface area contributed by atoms with Crippen molar-refractivity contribution in [2.24, 2.45) is 0 Å². The topological polar surface area (TPSA) is 41.5 Å². The molecule has 3 heteroatoms. The number of ether oxygens (including phenoxy) is 1. The maximum absolute atomic E-state index is 9.50. The Morgan fingerprint density at radius 2 is 2.22 bits per heavy atom. The van der Waals surface area contributed by atoms with Crippen LogP contribution in [0.25, 0.3) is 0 Å². The van der Waals surface area contributed by atoms with Crippen molar-refractivity contribution in [2.75, 3.05) is 6.61 Å². The number of hydrogen-bond donors (Lipinski definition) is 2. The Morgan fingerprint density at radius 1 is 1.33 bits per heavy atom. The molecule has 2 N–H and O–H groups in total. The lowest BCUT2D eigenvalue weighted by molar-refractivity contribution is 0.0112. The summed E-state index contributed by atoms with van der Waals surface area (Å²) in [5.74, 6) is 0.383. The maximum atomic E-state index is 9.50. The second-order valence-corrected chi connectivity index (χ2v) is 5.54. The van der Waals surface area contributed by atoms with Crippen molar-refractivity contribution in [2.45, 2.75) is 50.8 Å². The molecule has 1 aromatic carbocycles. The fourth-order valence-electron chi connectivity index (χ4n) is 3.21. The van der Waals surface area contributed by atoms with Crippen molar-refractivity contribution < 1.29 is 9.84 Å². The van der Waals surface area contributed by atoms with Crippen LogP contribution in [0.1, 0.15) is 43.4 Å². The summed E-state index contributed by atoms with van der Waals surface area (Å²) in [4.78, 5) is 0. The van der Waals surface area contributed by atoms with Crippen LogP contribution in [0.2, 0.25) is 0 Å². The standard InChI is InChI=1S/C15H21NO2/c1-10-8-12(6-7-18-10)16-15-5-2-11-9-13(17)3-4-14(11)15/h3-4,9-10,12,15-17H,2,5-8H2,1H3. The SMILES string of the molecule is CC1CC(NC2CCc3cc(O)ccc32)CCO1. The van der Waals surface area contributed by atoms with Crippen LogP contribution in [0.5, 0.6) is 5.75 Å². The maximum Gasteiger partial charge on any atom is 0.115 e. The van der Waals surface area contributed by atoms with Crippen molar-refractivity contribution in [3.8, 4) is 5.75 Å². The molecule has 18 heavy (non-hydrogen) atoms. The molecular formula is C15H21NO2. The fourth-order valence-corrected chi connectivity index (χ4v) is 3.21. The van der Waals surface area contributed by atoms with Gasteiger partial charge in [0.25, 0.3) is 0 Å². The predicted molar refractivity (Wildman–Crippen MR) is 70.7 cm³/mol. The quantitative estimate of drug-likeness (QED) is 0.844. The number of phenols is 1. The lowest BCUT2D eigenvalue weighted by Gasteiger charge is -2.30. The smallest absolute Gasteiger partial charge is 0.115 e. The van der Waals surface area contributed by atoms with Crippen LogP contribution in [-0.2, 0) is 11.2 Å². The van der Waals surface area contributed by atoms with E-state index in [1.165, 1.54) is 11.1 Å². The van der Waals surface area contributed by atoms with Crippen LogP contribution in [0.15, 0.2) is 18.2 Å². The second-order valence-electron chi connectivity index (χ2n) is 5.54. The largest absolute Gasteiger partial charge is 0.508 e. The minimum absolute atomic E-state index is 0.372. The summed E-state index contributed by atoms with van der Waals surface area (Å²) in [6.45, 7) is 3.02. The van der Waals surface area contributed by atoms with Crippen LogP contribution >= 0.6 is 0 Å². The van der Waals surface area contributed by atoms with Crippen LogP contribution < -0.4 is 5.32 Å². The molecule has 0 saturated carbocycles. The number of fused-ring (bicyclic) bond motifs is 1. The zero-order valence-electron chi connectivity index (χ0n) is 10.9. The van der Waals surface area contributed by atoms with Crippen molar-refractivity contribution in [1.29, 1.82) is 0 Å². The van der Waals surface area contributed by atoms with Gasteiger partial charge in [0.1, 0.15) is 5.75 Å². The summed E-state index contributed by atoms with van der Waals surface area (Å²) < 4.78 is 5.58. The minimum Gasteiger partial charge on any atom is -0.508 e. The van der Waals surface area contributed by atoms with Crippen molar-refractivity contribution in [3.05, 3.63) is 29.3 Å². The molecule has 1 aliphatic carbocycles. The molecule has 3 nitrogen and oxygen atoms in total. The molecule has 0 amide bonds. The number of rotatable bonds is 2. The Morgan fingerprint density at radius 3 is 3.06 bits per heavy atom. The zero-order valence-corrected chi connectivity index (χ0v) is 10.9. The highest BCUT2D eigenvalue weighted by molar-refractivity contribution is 5.40. The second kappa shape index (κ2) is 4.90. The van der Waals surface area contributed by atoms with E-state index < -0.39 is 0 Å². The van der Waals surface area contributed by atoms with E-state index in [1.807, 2.05) is 6.07 Å². The van der Waals surface area contributed by atoms with Gasteiger partial charge in [-0.25, -0.2) is 0 Å². The van der Waals surface area contributed by atoms with Gasteiger partial charge >= 0.3 is 0 Å². The van der Waals surface area contributed by atoms with Gasteiger partial charge in [-0.05, 0) is 55.9 Å². The molecule has 1 fully saturated rings.